The average Bonchev–Trinajstić information content (AvgIpc) is 2.95. The van der Waals surface area contributed by atoms with Crippen molar-refractivity contribution in [2.24, 2.45) is 0 Å². The second-order valence-electron chi connectivity index (χ2n) is 5.80. The molecule has 1 fully saturated rings. The van der Waals surface area contributed by atoms with Gasteiger partial charge in [0.1, 0.15) is 0 Å². The second-order valence-corrected chi connectivity index (χ2v) is 5.80. The summed E-state index contributed by atoms with van der Waals surface area (Å²) in [7, 11) is 0. The highest BCUT2D eigenvalue weighted by Crippen LogP contribution is 2.09. The zero-order chi connectivity index (χ0) is 15.5. The largest absolute Gasteiger partial charge is 0.334 e. The molecular weight excluding hydrogens is 280 g/mol. The second kappa shape index (κ2) is 6.23. The Bertz CT molecular complexity index is 630. The minimum Gasteiger partial charge on any atom is -0.334 e. The molecule has 0 saturated carbocycles. The van der Waals surface area contributed by atoms with Crippen LogP contribution in [0.15, 0.2) is 30.6 Å². The van der Waals surface area contributed by atoms with Gasteiger partial charge >= 0.3 is 0 Å². The Labute approximate surface area is 129 Å². The minimum atomic E-state index is -0.0625. The van der Waals surface area contributed by atoms with Crippen LogP contribution in [0.3, 0.4) is 0 Å². The number of carbonyl (C=O) groups excluding carboxylic acids is 1. The van der Waals surface area contributed by atoms with Crippen LogP contribution in [0.2, 0.25) is 0 Å². The number of rotatable bonds is 3. The van der Waals surface area contributed by atoms with Crippen molar-refractivity contribution in [3.8, 4) is 0 Å². The Hall–Kier alpha value is -2.28. The highest BCUT2D eigenvalue weighted by atomic mass is 16.2. The monoisotopic (exact) mass is 300 g/mol. The molecule has 1 saturated heterocycles. The molecule has 2 atom stereocenters. The van der Waals surface area contributed by atoms with Gasteiger partial charge in [-0.15, -0.1) is 5.10 Å². The fraction of sp³-hybridized carbons (Fsp3) is 0.467. The zero-order valence-corrected chi connectivity index (χ0v) is 12.8. The van der Waals surface area contributed by atoms with E-state index >= 15 is 0 Å². The molecule has 1 amide bonds. The summed E-state index contributed by atoms with van der Waals surface area (Å²) in [5, 5.41) is 11.5. The van der Waals surface area contributed by atoms with Gasteiger partial charge in [0.05, 0.1) is 18.4 Å². The van der Waals surface area contributed by atoms with Crippen molar-refractivity contribution in [2.45, 2.75) is 32.5 Å². The van der Waals surface area contributed by atoms with E-state index in [1.807, 2.05) is 23.1 Å². The third kappa shape index (κ3) is 3.30. The maximum atomic E-state index is 12.5. The van der Waals surface area contributed by atoms with Gasteiger partial charge in [-0.2, -0.15) is 0 Å². The number of aromatic nitrogens is 4. The van der Waals surface area contributed by atoms with E-state index in [0.717, 1.165) is 5.69 Å². The van der Waals surface area contributed by atoms with Crippen LogP contribution < -0.4 is 5.32 Å². The van der Waals surface area contributed by atoms with Crippen LogP contribution in [0.25, 0.3) is 0 Å². The van der Waals surface area contributed by atoms with Crippen LogP contribution in [0.4, 0.5) is 0 Å². The summed E-state index contributed by atoms with van der Waals surface area (Å²) in [4.78, 5) is 18.6. The Morgan fingerprint density at radius 1 is 1.32 bits per heavy atom. The standard InChI is InChI=1S/C15H20N6O/c1-11-7-20(8-12(2)17-11)15(22)14-10-21(19-18-14)9-13-5-3-4-6-16-13/h3-6,10-12,17H,7-9H2,1-2H3/t11-,12-/m0/s1. The topological polar surface area (TPSA) is 75.9 Å². The van der Waals surface area contributed by atoms with E-state index < -0.39 is 0 Å². The van der Waals surface area contributed by atoms with E-state index in [9.17, 15) is 4.79 Å². The number of piperazine rings is 1. The van der Waals surface area contributed by atoms with Gasteiger partial charge in [-0.05, 0) is 26.0 Å². The molecule has 0 spiro atoms. The van der Waals surface area contributed by atoms with E-state index in [-0.39, 0.29) is 18.0 Å². The first-order valence-corrected chi connectivity index (χ1v) is 7.47. The van der Waals surface area contributed by atoms with Crippen LogP contribution in [0, 0.1) is 0 Å². The third-order valence-corrected chi connectivity index (χ3v) is 3.65. The number of nitrogens with zero attached hydrogens (tertiary/aromatic N) is 5. The van der Waals surface area contributed by atoms with Gasteiger partial charge < -0.3 is 10.2 Å². The first kappa shape index (κ1) is 14.6. The number of carbonyl (C=O) groups is 1. The molecule has 7 nitrogen and oxygen atoms in total. The summed E-state index contributed by atoms with van der Waals surface area (Å²) in [5.74, 6) is -0.0625. The Kier molecular flexibility index (Phi) is 4.15. The molecule has 0 aliphatic carbocycles. The van der Waals surface area contributed by atoms with Crippen molar-refractivity contribution in [1.82, 2.24) is 30.2 Å². The maximum absolute atomic E-state index is 12.5. The van der Waals surface area contributed by atoms with E-state index in [2.05, 4.69) is 34.5 Å². The lowest BCUT2D eigenvalue weighted by Crippen LogP contribution is -2.55. The van der Waals surface area contributed by atoms with Crippen molar-refractivity contribution in [1.29, 1.82) is 0 Å². The summed E-state index contributed by atoms with van der Waals surface area (Å²) >= 11 is 0. The Morgan fingerprint density at radius 2 is 2.09 bits per heavy atom. The minimum absolute atomic E-state index is 0.0625. The molecule has 0 bridgehead atoms. The van der Waals surface area contributed by atoms with Crippen LogP contribution >= 0.6 is 0 Å². The molecule has 1 aliphatic heterocycles. The van der Waals surface area contributed by atoms with E-state index in [1.165, 1.54) is 0 Å². The molecule has 1 aliphatic rings. The van der Waals surface area contributed by atoms with Gasteiger partial charge in [0, 0.05) is 31.4 Å². The van der Waals surface area contributed by atoms with Crippen molar-refractivity contribution >= 4 is 5.91 Å². The lowest BCUT2D eigenvalue weighted by Gasteiger charge is -2.35. The van der Waals surface area contributed by atoms with Gasteiger partial charge in [0.2, 0.25) is 0 Å². The van der Waals surface area contributed by atoms with Crippen LogP contribution in [-0.4, -0.2) is 56.0 Å². The first-order valence-electron chi connectivity index (χ1n) is 7.47. The normalized spacial score (nSPS) is 21.8. The van der Waals surface area contributed by atoms with E-state index in [0.29, 0.717) is 25.3 Å². The lowest BCUT2D eigenvalue weighted by atomic mass is 10.1. The molecule has 2 aromatic heterocycles. The Morgan fingerprint density at radius 3 is 2.77 bits per heavy atom. The first-order chi connectivity index (χ1) is 10.6. The summed E-state index contributed by atoms with van der Waals surface area (Å²) in [6.45, 7) is 6.05. The van der Waals surface area contributed by atoms with Crippen molar-refractivity contribution in [3.05, 3.63) is 42.0 Å². The van der Waals surface area contributed by atoms with Gasteiger partial charge in [-0.25, -0.2) is 4.68 Å². The smallest absolute Gasteiger partial charge is 0.276 e. The van der Waals surface area contributed by atoms with Gasteiger partial charge in [-0.1, -0.05) is 11.3 Å². The van der Waals surface area contributed by atoms with Crippen LogP contribution in [-0.2, 0) is 6.54 Å². The lowest BCUT2D eigenvalue weighted by molar-refractivity contribution is 0.0667. The predicted molar refractivity (Wildman–Crippen MR) is 81.3 cm³/mol. The molecule has 1 N–H and O–H groups in total. The molecular formula is C15H20N6O. The van der Waals surface area contributed by atoms with Gasteiger partial charge in [0.15, 0.2) is 5.69 Å². The third-order valence-electron chi connectivity index (χ3n) is 3.65. The molecule has 0 aromatic carbocycles. The average molecular weight is 300 g/mol. The fourth-order valence-electron chi connectivity index (χ4n) is 2.79. The Balaban J connectivity index is 1.69. The molecule has 0 unspecified atom stereocenters. The molecule has 2 aromatic rings. The van der Waals surface area contributed by atoms with E-state index in [4.69, 9.17) is 0 Å². The highest BCUT2D eigenvalue weighted by molar-refractivity contribution is 5.92. The number of amides is 1. The number of hydrogen-bond donors (Lipinski definition) is 1. The number of nitrogens with one attached hydrogen (secondary N) is 1. The number of hydrogen-bond acceptors (Lipinski definition) is 5. The maximum Gasteiger partial charge on any atom is 0.276 e. The summed E-state index contributed by atoms with van der Waals surface area (Å²) < 4.78 is 1.64. The molecule has 3 heterocycles. The molecule has 7 heteroatoms. The quantitative estimate of drug-likeness (QED) is 0.895. The van der Waals surface area contributed by atoms with Crippen molar-refractivity contribution in [2.75, 3.05) is 13.1 Å². The van der Waals surface area contributed by atoms with Crippen molar-refractivity contribution < 1.29 is 4.79 Å². The molecule has 3 rings (SSSR count). The van der Waals surface area contributed by atoms with Crippen molar-refractivity contribution in [3.63, 3.8) is 0 Å². The van der Waals surface area contributed by atoms with Gasteiger partial charge in [-0.3, -0.25) is 9.78 Å². The predicted octanol–water partition coefficient (Wildman–Crippen LogP) is 0.544. The molecule has 116 valence electrons. The highest BCUT2D eigenvalue weighted by Gasteiger charge is 2.27. The fourth-order valence-corrected chi connectivity index (χ4v) is 2.79. The molecule has 0 radical (unpaired) electrons. The van der Waals surface area contributed by atoms with Gasteiger partial charge in [0.25, 0.3) is 5.91 Å². The summed E-state index contributed by atoms with van der Waals surface area (Å²) in [5.41, 5.74) is 1.27. The summed E-state index contributed by atoms with van der Waals surface area (Å²) in [6, 6.07) is 6.29. The van der Waals surface area contributed by atoms with Crippen LogP contribution in [0.5, 0.6) is 0 Å². The summed E-state index contributed by atoms with van der Waals surface area (Å²) in [6.07, 6.45) is 3.43. The SMILES string of the molecule is C[C@H]1CN(C(=O)c2cn(Cc3ccccn3)nn2)C[C@H](C)N1. The zero-order valence-electron chi connectivity index (χ0n) is 12.8. The molecule has 22 heavy (non-hydrogen) atoms. The number of pyridine rings is 1. The van der Waals surface area contributed by atoms with E-state index in [1.54, 1.807) is 17.1 Å². The van der Waals surface area contributed by atoms with Crippen LogP contribution in [0.1, 0.15) is 30.0 Å².